The van der Waals surface area contributed by atoms with Crippen LogP contribution in [-0.4, -0.2) is 12.3 Å². The van der Waals surface area contributed by atoms with Gasteiger partial charge >= 0.3 is 0 Å². The summed E-state index contributed by atoms with van der Waals surface area (Å²) in [5.41, 5.74) is 1.26. The maximum Gasteiger partial charge on any atom is 0.0489 e. The Morgan fingerprint density at radius 1 is 1.45 bits per heavy atom. The summed E-state index contributed by atoms with van der Waals surface area (Å²) in [7, 11) is 0. The van der Waals surface area contributed by atoms with Gasteiger partial charge in [-0.05, 0) is 18.2 Å². The molecule has 0 fully saturated rings. The maximum atomic E-state index is 3.44. The largest absolute Gasteiger partial charge is 0.383 e. The molecule has 58 valence electrons. The van der Waals surface area contributed by atoms with E-state index in [4.69, 9.17) is 0 Å². The summed E-state index contributed by atoms with van der Waals surface area (Å²) in [6.07, 6.45) is 0. The Labute approximate surface area is 78.7 Å². The summed E-state index contributed by atoms with van der Waals surface area (Å²) in [4.78, 5) is 1.36. The van der Waals surface area contributed by atoms with Gasteiger partial charge in [-0.2, -0.15) is 0 Å². The van der Waals surface area contributed by atoms with E-state index < -0.39 is 0 Å². The molecule has 2 rings (SSSR count). The Kier molecular flexibility index (Phi) is 2.09. The standard InChI is InChI=1S/C8H8BrNS/c9-6-1-2-8-7(5-6)10-3-4-11-8/h1-2,5,10H,3-4H2. The molecule has 0 atom stereocenters. The summed E-state index contributed by atoms with van der Waals surface area (Å²) in [6.45, 7) is 1.08. The molecule has 1 N–H and O–H groups in total. The van der Waals surface area contributed by atoms with Crippen molar-refractivity contribution in [2.24, 2.45) is 0 Å². The van der Waals surface area contributed by atoms with Crippen molar-refractivity contribution in [2.45, 2.75) is 4.90 Å². The average molecular weight is 230 g/mol. The van der Waals surface area contributed by atoms with Gasteiger partial charge in [0.15, 0.2) is 0 Å². The average Bonchev–Trinajstić information content (AvgIpc) is 2.04. The van der Waals surface area contributed by atoms with Crippen molar-refractivity contribution in [1.82, 2.24) is 0 Å². The molecule has 1 aliphatic heterocycles. The fourth-order valence-corrected chi connectivity index (χ4v) is 2.35. The second-order valence-electron chi connectivity index (χ2n) is 2.42. The molecule has 0 amide bonds. The van der Waals surface area contributed by atoms with Crippen LogP contribution < -0.4 is 5.32 Å². The lowest BCUT2D eigenvalue weighted by Gasteiger charge is -2.16. The van der Waals surface area contributed by atoms with Gasteiger partial charge in [-0.1, -0.05) is 15.9 Å². The van der Waals surface area contributed by atoms with Crippen LogP contribution in [0.3, 0.4) is 0 Å². The minimum atomic E-state index is 1.08. The summed E-state index contributed by atoms with van der Waals surface area (Å²) >= 11 is 5.36. The van der Waals surface area contributed by atoms with Crippen LogP contribution in [0.1, 0.15) is 0 Å². The highest BCUT2D eigenvalue weighted by molar-refractivity contribution is 9.10. The van der Waals surface area contributed by atoms with Crippen LogP contribution in [0.25, 0.3) is 0 Å². The summed E-state index contributed by atoms with van der Waals surface area (Å²) in [5, 5.41) is 3.35. The van der Waals surface area contributed by atoms with Crippen LogP contribution in [-0.2, 0) is 0 Å². The molecule has 1 heterocycles. The van der Waals surface area contributed by atoms with E-state index in [1.54, 1.807) is 0 Å². The number of halogens is 1. The zero-order chi connectivity index (χ0) is 7.68. The normalized spacial score (nSPS) is 15.4. The molecule has 0 saturated carbocycles. The second kappa shape index (κ2) is 3.07. The second-order valence-corrected chi connectivity index (χ2v) is 4.47. The van der Waals surface area contributed by atoms with Crippen molar-refractivity contribution < 1.29 is 0 Å². The molecule has 3 heteroatoms. The third-order valence-electron chi connectivity index (χ3n) is 1.62. The molecule has 0 aliphatic carbocycles. The molecule has 0 unspecified atom stereocenters. The first-order chi connectivity index (χ1) is 5.36. The predicted molar refractivity (Wildman–Crippen MR) is 53.4 cm³/mol. The van der Waals surface area contributed by atoms with Crippen molar-refractivity contribution in [1.29, 1.82) is 0 Å². The van der Waals surface area contributed by atoms with Crippen LogP contribution in [0.2, 0.25) is 0 Å². The molecule has 1 aromatic rings. The predicted octanol–water partition coefficient (Wildman–Crippen LogP) is 2.97. The Morgan fingerprint density at radius 3 is 3.27 bits per heavy atom. The van der Waals surface area contributed by atoms with E-state index in [-0.39, 0.29) is 0 Å². The minimum Gasteiger partial charge on any atom is -0.383 e. The first kappa shape index (κ1) is 7.50. The van der Waals surface area contributed by atoms with E-state index in [1.807, 2.05) is 11.8 Å². The van der Waals surface area contributed by atoms with Crippen LogP contribution >= 0.6 is 27.7 Å². The van der Waals surface area contributed by atoms with Gasteiger partial charge in [-0.15, -0.1) is 11.8 Å². The fourth-order valence-electron chi connectivity index (χ4n) is 1.11. The summed E-state index contributed by atoms with van der Waals surface area (Å²) in [5.74, 6) is 1.18. The highest BCUT2D eigenvalue weighted by Gasteiger charge is 2.07. The summed E-state index contributed by atoms with van der Waals surface area (Å²) < 4.78 is 1.14. The Bertz CT molecular complexity index is 275. The van der Waals surface area contributed by atoms with E-state index >= 15 is 0 Å². The molecule has 0 radical (unpaired) electrons. The molecule has 0 spiro atoms. The number of rotatable bonds is 0. The molecule has 0 bridgehead atoms. The summed E-state index contributed by atoms with van der Waals surface area (Å²) in [6, 6.07) is 6.36. The lowest BCUT2D eigenvalue weighted by Crippen LogP contribution is -2.09. The van der Waals surface area contributed by atoms with Crippen molar-refractivity contribution in [2.75, 3.05) is 17.6 Å². The number of nitrogens with one attached hydrogen (secondary N) is 1. The molecule has 1 aromatic carbocycles. The van der Waals surface area contributed by atoms with E-state index in [0.717, 1.165) is 11.0 Å². The topological polar surface area (TPSA) is 12.0 Å². The van der Waals surface area contributed by atoms with Crippen LogP contribution in [0.4, 0.5) is 5.69 Å². The number of hydrogen-bond acceptors (Lipinski definition) is 2. The number of benzene rings is 1. The van der Waals surface area contributed by atoms with Crippen LogP contribution in [0.15, 0.2) is 27.6 Å². The van der Waals surface area contributed by atoms with E-state index in [2.05, 4.69) is 39.4 Å². The lowest BCUT2D eigenvalue weighted by atomic mass is 10.3. The van der Waals surface area contributed by atoms with Gasteiger partial charge < -0.3 is 5.32 Å². The van der Waals surface area contributed by atoms with E-state index in [1.165, 1.54) is 16.3 Å². The zero-order valence-corrected chi connectivity index (χ0v) is 8.33. The Morgan fingerprint density at radius 2 is 2.36 bits per heavy atom. The van der Waals surface area contributed by atoms with Crippen LogP contribution in [0, 0.1) is 0 Å². The van der Waals surface area contributed by atoms with Gasteiger partial charge in [-0.3, -0.25) is 0 Å². The Hall–Kier alpha value is -0.150. The first-order valence-corrected chi connectivity index (χ1v) is 5.30. The van der Waals surface area contributed by atoms with Gasteiger partial charge in [0.25, 0.3) is 0 Å². The number of hydrogen-bond donors (Lipinski definition) is 1. The molecule has 11 heavy (non-hydrogen) atoms. The number of anilines is 1. The lowest BCUT2D eigenvalue weighted by molar-refractivity contribution is 1.17. The van der Waals surface area contributed by atoms with Crippen LogP contribution in [0.5, 0.6) is 0 Å². The third kappa shape index (κ3) is 1.54. The SMILES string of the molecule is Brc1ccc2c(c1)NCCS2. The van der Waals surface area contributed by atoms with Gasteiger partial charge in [0, 0.05) is 27.4 Å². The molecular formula is C8H8BrNS. The Balaban J connectivity index is 2.43. The maximum absolute atomic E-state index is 3.44. The third-order valence-corrected chi connectivity index (χ3v) is 3.19. The van der Waals surface area contributed by atoms with Crippen molar-refractivity contribution in [3.05, 3.63) is 22.7 Å². The molecule has 1 aliphatic rings. The number of thioether (sulfide) groups is 1. The molecule has 0 aromatic heterocycles. The van der Waals surface area contributed by atoms with Gasteiger partial charge in [0.1, 0.15) is 0 Å². The van der Waals surface area contributed by atoms with Crippen molar-refractivity contribution in [3.8, 4) is 0 Å². The highest BCUT2D eigenvalue weighted by Crippen LogP contribution is 2.32. The first-order valence-electron chi connectivity index (χ1n) is 3.52. The van der Waals surface area contributed by atoms with Gasteiger partial charge in [0.2, 0.25) is 0 Å². The quantitative estimate of drug-likeness (QED) is 0.735. The highest BCUT2D eigenvalue weighted by atomic mass is 79.9. The van der Waals surface area contributed by atoms with Gasteiger partial charge in [-0.25, -0.2) is 0 Å². The number of fused-ring (bicyclic) bond motifs is 1. The molecule has 1 nitrogen and oxygen atoms in total. The monoisotopic (exact) mass is 229 g/mol. The van der Waals surface area contributed by atoms with Crippen molar-refractivity contribution in [3.63, 3.8) is 0 Å². The molecular weight excluding hydrogens is 222 g/mol. The smallest absolute Gasteiger partial charge is 0.0489 e. The van der Waals surface area contributed by atoms with E-state index in [0.29, 0.717) is 0 Å². The molecule has 0 saturated heterocycles. The van der Waals surface area contributed by atoms with Crippen molar-refractivity contribution >= 4 is 33.4 Å². The van der Waals surface area contributed by atoms with E-state index in [9.17, 15) is 0 Å². The fraction of sp³-hybridized carbons (Fsp3) is 0.250. The zero-order valence-electron chi connectivity index (χ0n) is 5.93. The minimum absolute atomic E-state index is 1.08. The van der Waals surface area contributed by atoms with Gasteiger partial charge in [0.05, 0.1) is 0 Å².